The summed E-state index contributed by atoms with van der Waals surface area (Å²) in [6, 6.07) is 29.9. The summed E-state index contributed by atoms with van der Waals surface area (Å²) in [6.45, 7) is 9.15. The van der Waals surface area contributed by atoms with Crippen molar-refractivity contribution >= 4 is 27.5 Å². The smallest absolute Gasteiger partial charge is 0.264 e. The van der Waals surface area contributed by atoms with Crippen molar-refractivity contribution in [2.45, 2.75) is 64.6 Å². The third-order valence-corrected chi connectivity index (χ3v) is 9.03. The fourth-order valence-corrected chi connectivity index (χ4v) is 6.70. The largest absolute Gasteiger partial charge is 0.352 e. The highest BCUT2D eigenvalue weighted by Crippen LogP contribution is 2.27. The quantitative estimate of drug-likeness (QED) is 0.214. The first kappa shape index (κ1) is 32.5. The molecular formula is C36H41N3O4S. The molecule has 8 heteroatoms. The van der Waals surface area contributed by atoms with Gasteiger partial charge in [-0.25, -0.2) is 8.42 Å². The molecule has 0 radical (unpaired) electrons. The van der Waals surface area contributed by atoms with Gasteiger partial charge in [0.15, 0.2) is 0 Å². The molecule has 0 heterocycles. The summed E-state index contributed by atoms with van der Waals surface area (Å²) in [7, 11) is -4.13. The van der Waals surface area contributed by atoms with Gasteiger partial charge in [0, 0.05) is 19.0 Å². The van der Waals surface area contributed by atoms with Gasteiger partial charge < -0.3 is 10.2 Å². The number of benzene rings is 4. The summed E-state index contributed by atoms with van der Waals surface area (Å²) in [5, 5.41) is 2.99. The van der Waals surface area contributed by atoms with Crippen LogP contribution in [0.25, 0.3) is 0 Å². The minimum Gasteiger partial charge on any atom is -0.352 e. The molecule has 7 nitrogen and oxygen atoms in total. The third kappa shape index (κ3) is 8.35. The third-order valence-electron chi connectivity index (χ3n) is 7.24. The van der Waals surface area contributed by atoms with Crippen LogP contribution >= 0.6 is 0 Å². The molecule has 0 aliphatic heterocycles. The monoisotopic (exact) mass is 611 g/mol. The van der Waals surface area contributed by atoms with E-state index < -0.39 is 28.5 Å². The van der Waals surface area contributed by atoms with Crippen molar-refractivity contribution in [1.29, 1.82) is 0 Å². The van der Waals surface area contributed by atoms with Crippen molar-refractivity contribution in [1.82, 2.24) is 10.2 Å². The highest BCUT2D eigenvalue weighted by molar-refractivity contribution is 7.92. The van der Waals surface area contributed by atoms with Gasteiger partial charge in [-0.2, -0.15) is 0 Å². The second-order valence-electron chi connectivity index (χ2n) is 11.6. The van der Waals surface area contributed by atoms with E-state index in [4.69, 9.17) is 0 Å². The molecule has 0 spiro atoms. The molecule has 1 unspecified atom stereocenters. The topological polar surface area (TPSA) is 86.8 Å². The van der Waals surface area contributed by atoms with Crippen molar-refractivity contribution < 1.29 is 18.0 Å². The number of hydrogen-bond donors (Lipinski definition) is 1. The Bertz CT molecular complexity index is 1670. The fraction of sp³-hybridized carbons (Fsp3) is 0.278. The average molecular weight is 612 g/mol. The first-order valence-corrected chi connectivity index (χ1v) is 16.2. The zero-order valence-corrected chi connectivity index (χ0v) is 26.8. The highest BCUT2D eigenvalue weighted by Gasteiger charge is 2.35. The van der Waals surface area contributed by atoms with Crippen LogP contribution < -0.4 is 9.62 Å². The first-order chi connectivity index (χ1) is 20.9. The second-order valence-corrected chi connectivity index (χ2v) is 13.4. The average Bonchev–Trinajstić information content (AvgIpc) is 2.97. The molecule has 44 heavy (non-hydrogen) atoms. The van der Waals surface area contributed by atoms with E-state index in [9.17, 15) is 18.0 Å². The van der Waals surface area contributed by atoms with Crippen LogP contribution in [0, 0.1) is 20.8 Å². The minimum atomic E-state index is -4.13. The second kappa shape index (κ2) is 14.4. The van der Waals surface area contributed by atoms with Crippen molar-refractivity contribution in [2.75, 3.05) is 10.8 Å². The lowest BCUT2D eigenvalue weighted by atomic mass is 10.0. The van der Waals surface area contributed by atoms with Gasteiger partial charge in [-0.1, -0.05) is 84.4 Å². The van der Waals surface area contributed by atoms with Crippen LogP contribution in [-0.2, 0) is 32.6 Å². The van der Waals surface area contributed by atoms with Crippen LogP contribution in [0.15, 0.2) is 108 Å². The summed E-state index contributed by atoms with van der Waals surface area (Å²) >= 11 is 0. The lowest BCUT2D eigenvalue weighted by Gasteiger charge is -2.34. The molecule has 0 bridgehead atoms. The van der Waals surface area contributed by atoms with Gasteiger partial charge in [-0.05, 0) is 81.1 Å². The van der Waals surface area contributed by atoms with E-state index in [1.54, 1.807) is 30.3 Å². The lowest BCUT2D eigenvalue weighted by Crippen LogP contribution is -2.54. The van der Waals surface area contributed by atoms with Crippen LogP contribution in [0.1, 0.15) is 41.7 Å². The maximum Gasteiger partial charge on any atom is 0.264 e. The minimum absolute atomic E-state index is 0.0792. The van der Waals surface area contributed by atoms with Crippen LogP contribution in [0.5, 0.6) is 0 Å². The van der Waals surface area contributed by atoms with E-state index in [1.807, 2.05) is 95.3 Å². The molecule has 2 amide bonds. The number of carbonyl (C=O) groups is 2. The number of aryl methyl sites for hydroxylation is 3. The van der Waals surface area contributed by atoms with E-state index in [-0.39, 0.29) is 29.8 Å². The molecule has 0 saturated heterocycles. The van der Waals surface area contributed by atoms with E-state index in [0.29, 0.717) is 5.69 Å². The molecule has 0 saturated carbocycles. The van der Waals surface area contributed by atoms with Gasteiger partial charge in [0.1, 0.15) is 12.6 Å². The number of rotatable bonds is 12. The Morgan fingerprint density at radius 2 is 1.32 bits per heavy atom. The maximum atomic E-state index is 14.5. The molecule has 4 rings (SSSR count). The van der Waals surface area contributed by atoms with Crippen LogP contribution in [0.2, 0.25) is 0 Å². The number of nitrogens with zero attached hydrogens (tertiary/aromatic N) is 2. The van der Waals surface area contributed by atoms with Crippen LogP contribution in [-0.4, -0.2) is 43.8 Å². The standard InChI is InChI=1S/C36H41N3O4S/c1-26(2)37-36(41)34(23-30-14-8-6-9-15-30)38(24-31-16-12-13-27(3)20-31)35(40)25-39(32-21-28(4)19-29(5)22-32)44(42,43)33-17-10-7-11-18-33/h6-22,26,34H,23-25H2,1-5H3,(H,37,41). The molecule has 230 valence electrons. The zero-order chi connectivity index (χ0) is 31.9. The summed E-state index contributed by atoms with van der Waals surface area (Å²) in [5.41, 5.74) is 4.89. The predicted octanol–water partition coefficient (Wildman–Crippen LogP) is 5.97. The Kier molecular flexibility index (Phi) is 10.6. The number of sulfonamides is 1. The summed E-state index contributed by atoms with van der Waals surface area (Å²) in [6.07, 6.45) is 0.270. The van der Waals surface area contributed by atoms with E-state index in [0.717, 1.165) is 32.1 Å². The summed E-state index contributed by atoms with van der Waals surface area (Å²) < 4.78 is 29.4. The van der Waals surface area contributed by atoms with Gasteiger partial charge in [0.25, 0.3) is 10.0 Å². The fourth-order valence-electron chi connectivity index (χ4n) is 5.28. The van der Waals surface area contributed by atoms with Gasteiger partial charge in [0.05, 0.1) is 10.6 Å². The van der Waals surface area contributed by atoms with E-state index in [1.165, 1.54) is 17.0 Å². The van der Waals surface area contributed by atoms with Gasteiger partial charge in [-0.15, -0.1) is 0 Å². The molecule has 1 atom stereocenters. The van der Waals surface area contributed by atoms with Crippen LogP contribution in [0.4, 0.5) is 5.69 Å². The van der Waals surface area contributed by atoms with Crippen LogP contribution in [0.3, 0.4) is 0 Å². The van der Waals surface area contributed by atoms with Crippen molar-refractivity contribution in [3.63, 3.8) is 0 Å². The molecule has 4 aromatic rings. The Balaban J connectivity index is 1.82. The lowest BCUT2D eigenvalue weighted by molar-refractivity contribution is -0.140. The van der Waals surface area contributed by atoms with Crippen molar-refractivity contribution in [2.24, 2.45) is 0 Å². The SMILES string of the molecule is Cc1cccc(CN(C(=O)CN(c2cc(C)cc(C)c2)S(=O)(=O)c2ccccc2)C(Cc2ccccc2)C(=O)NC(C)C)c1. The predicted molar refractivity (Wildman–Crippen MR) is 176 cm³/mol. The van der Waals surface area contributed by atoms with Gasteiger partial charge in [0.2, 0.25) is 11.8 Å². The number of hydrogen-bond acceptors (Lipinski definition) is 4. The highest BCUT2D eigenvalue weighted by atomic mass is 32.2. The first-order valence-electron chi connectivity index (χ1n) is 14.8. The number of anilines is 1. The molecular weight excluding hydrogens is 570 g/mol. The number of nitrogens with one attached hydrogen (secondary N) is 1. The Morgan fingerprint density at radius 1 is 0.727 bits per heavy atom. The normalized spacial score (nSPS) is 12.0. The summed E-state index contributed by atoms with van der Waals surface area (Å²) in [4.78, 5) is 29.9. The molecule has 1 N–H and O–H groups in total. The van der Waals surface area contributed by atoms with E-state index in [2.05, 4.69) is 5.32 Å². The number of amides is 2. The number of carbonyl (C=O) groups excluding carboxylic acids is 2. The van der Waals surface area contributed by atoms with Crippen molar-refractivity contribution in [3.8, 4) is 0 Å². The van der Waals surface area contributed by atoms with Gasteiger partial charge >= 0.3 is 0 Å². The van der Waals surface area contributed by atoms with Crippen molar-refractivity contribution in [3.05, 3.63) is 131 Å². The Hall–Kier alpha value is -4.43. The molecule has 0 aromatic heterocycles. The zero-order valence-electron chi connectivity index (χ0n) is 26.0. The van der Waals surface area contributed by atoms with Gasteiger partial charge in [-0.3, -0.25) is 13.9 Å². The molecule has 0 fully saturated rings. The van der Waals surface area contributed by atoms with E-state index >= 15 is 0 Å². The Labute approximate surface area is 261 Å². The molecule has 4 aromatic carbocycles. The molecule has 0 aliphatic carbocycles. The summed E-state index contributed by atoms with van der Waals surface area (Å²) in [5.74, 6) is -0.779. The Morgan fingerprint density at radius 3 is 1.91 bits per heavy atom. The maximum absolute atomic E-state index is 14.5. The molecule has 0 aliphatic rings.